The van der Waals surface area contributed by atoms with E-state index in [1.165, 1.54) is 6.07 Å². The third-order valence-corrected chi connectivity index (χ3v) is 2.94. The van der Waals surface area contributed by atoms with Crippen molar-refractivity contribution >= 4 is 15.9 Å². The van der Waals surface area contributed by atoms with Gasteiger partial charge in [-0.05, 0) is 30.8 Å². The molecule has 0 aliphatic rings. The predicted octanol–water partition coefficient (Wildman–Crippen LogP) is 3.15. The van der Waals surface area contributed by atoms with Gasteiger partial charge in [-0.15, -0.1) is 0 Å². The number of nitrogens with one attached hydrogen (secondary N) is 1. The van der Waals surface area contributed by atoms with Crippen LogP contribution in [-0.2, 0) is 6.54 Å². The summed E-state index contributed by atoms with van der Waals surface area (Å²) >= 11 is 3.33. The Labute approximate surface area is 114 Å². The normalized spacial score (nSPS) is 10.6. The number of halogens is 2. The SMILES string of the molecule is CCNCc1nccc(-c2cc(Br)ccc2F)n1. The van der Waals surface area contributed by atoms with Crippen LogP contribution < -0.4 is 5.32 Å². The molecule has 0 saturated carbocycles. The monoisotopic (exact) mass is 309 g/mol. The lowest BCUT2D eigenvalue weighted by Gasteiger charge is -2.06. The minimum Gasteiger partial charge on any atom is -0.310 e. The van der Waals surface area contributed by atoms with Gasteiger partial charge in [0.1, 0.15) is 11.6 Å². The molecule has 94 valence electrons. The summed E-state index contributed by atoms with van der Waals surface area (Å²) in [5.74, 6) is 0.375. The summed E-state index contributed by atoms with van der Waals surface area (Å²) in [6, 6.07) is 6.51. The number of aromatic nitrogens is 2. The van der Waals surface area contributed by atoms with Gasteiger partial charge in [0, 0.05) is 16.2 Å². The Balaban J connectivity index is 2.35. The number of hydrogen-bond donors (Lipinski definition) is 1. The molecule has 2 rings (SSSR count). The van der Waals surface area contributed by atoms with Gasteiger partial charge in [0.2, 0.25) is 0 Å². The van der Waals surface area contributed by atoms with Gasteiger partial charge < -0.3 is 5.32 Å². The molecule has 0 unspecified atom stereocenters. The molecule has 5 heteroatoms. The molecule has 0 radical (unpaired) electrons. The van der Waals surface area contributed by atoms with E-state index in [0.717, 1.165) is 11.0 Å². The summed E-state index contributed by atoms with van der Waals surface area (Å²) < 4.78 is 14.6. The maximum Gasteiger partial charge on any atom is 0.142 e. The smallest absolute Gasteiger partial charge is 0.142 e. The van der Waals surface area contributed by atoms with Crippen molar-refractivity contribution in [2.45, 2.75) is 13.5 Å². The summed E-state index contributed by atoms with van der Waals surface area (Å²) in [6.45, 7) is 3.44. The third-order valence-electron chi connectivity index (χ3n) is 2.44. The van der Waals surface area contributed by atoms with Crippen LogP contribution >= 0.6 is 15.9 Å². The summed E-state index contributed by atoms with van der Waals surface area (Å²) in [5.41, 5.74) is 1.07. The molecule has 0 aliphatic carbocycles. The van der Waals surface area contributed by atoms with E-state index >= 15 is 0 Å². The Hall–Kier alpha value is -1.33. The van der Waals surface area contributed by atoms with E-state index in [-0.39, 0.29) is 5.82 Å². The molecule has 0 aliphatic heterocycles. The van der Waals surface area contributed by atoms with Crippen LogP contribution in [0.1, 0.15) is 12.7 Å². The fourth-order valence-electron chi connectivity index (χ4n) is 1.56. The van der Waals surface area contributed by atoms with E-state index in [2.05, 4.69) is 31.2 Å². The molecule has 0 atom stereocenters. The molecule has 0 amide bonds. The molecule has 0 fully saturated rings. The minimum atomic E-state index is -0.286. The Kier molecular flexibility index (Phi) is 4.38. The average Bonchev–Trinajstić information content (AvgIpc) is 2.39. The van der Waals surface area contributed by atoms with Crippen molar-refractivity contribution in [3.8, 4) is 11.3 Å². The molecule has 0 saturated heterocycles. The zero-order chi connectivity index (χ0) is 13.0. The van der Waals surface area contributed by atoms with Crippen molar-refractivity contribution in [1.29, 1.82) is 0 Å². The molecule has 1 N–H and O–H groups in total. The average molecular weight is 310 g/mol. The summed E-state index contributed by atoms with van der Waals surface area (Å²) in [4.78, 5) is 8.49. The molecule has 18 heavy (non-hydrogen) atoms. The second-order valence-electron chi connectivity index (χ2n) is 3.76. The van der Waals surface area contributed by atoms with E-state index in [4.69, 9.17) is 0 Å². The number of benzene rings is 1. The molecular formula is C13H13BrFN3. The quantitative estimate of drug-likeness (QED) is 0.942. The highest BCUT2D eigenvalue weighted by Gasteiger charge is 2.08. The Morgan fingerprint density at radius 2 is 2.17 bits per heavy atom. The van der Waals surface area contributed by atoms with Gasteiger partial charge in [0.05, 0.1) is 12.2 Å². The fourth-order valence-corrected chi connectivity index (χ4v) is 1.93. The third kappa shape index (κ3) is 3.11. The Morgan fingerprint density at radius 1 is 1.33 bits per heavy atom. The van der Waals surface area contributed by atoms with Crippen LogP contribution in [0, 0.1) is 5.82 Å². The van der Waals surface area contributed by atoms with E-state index in [0.29, 0.717) is 23.6 Å². The van der Waals surface area contributed by atoms with Crippen molar-refractivity contribution in [3.63, 3.8) is 0 Å². The molecule has 0 spiro atoms. The largest absolute Gasteiger partial charge is 0.310 e. The van der Waals surface area contributed by atoms with E-state index in [1.807, 2.05) is 6.92 Å². The Morgan fingerprint density at radius 3 is 2.94 bits per heavy atom. The van der Waals surface area contributed by atoms with Crippen molar-refractivity contribution in [1.82, 2.24) is 15.3 Å². The summed E-state index contributed by atoms with van der Waals surface area (Å²) in [6.07, 6.45) is 1.65. The first-order valence-corrected chi connectivity index (χ1v) is 6.48. The first-order chi connectivity index (χ1) is 8.70. The maximum atomic E-state index is 13.7. The second kappa shape index (κ2) is 6.02. The van der Waals surface area contributed by atoms with Crippen LogP contribution in [0.3, 0.4) is 0 Å². The minimum absolute atomic E-state index is 0.286. The highest BCUT2D eigenvalue weighted by molar-refractivity contribution is 9.10. The highest BCUT2D eigenvalue weighted by atomic mass is 79.9. The molecule has 2 aromatic rings. The topological polar surface area (TPSA) is 37.8 Å². The van der Waals surface area contributed by atoms with Gasteiger partial charge in [-0.25, -0.2) is 14.4 Å². The van der Waals surface area contributed by atoms with Crippen LogP contribution in [-0.4, -0.2) is 16.5 Å². The van der Waals surface area contributed by atoms with Gasteiger partial charge in [0.15, 0.2) is 0 Å². The van der Waals surface area contributed by atoms with Crippen LogP contribution in [0.4, 0.5) is 4.39 Å². The van der Waals surface area contributed by atoms with Gasteiger partial charge >= 0.3 is 0 Å². The Bertz CT molecular complexity index is 546. The van der Waals surface area contributed by atoms with E-state index in [1.54, 1.807) is 24.4 Å². The molecule has 1 aromatic heterocycles. The number of hydrogen-bond acceptors (Lipinski definition) is 3. The number of nitrogens with zero attached hydrogens (tertiary/aromatic N) is 2. The van der Waals surface area contributed by atoms with Crippen molar-refractivity contribution < 1.29 is 4.39 Å². The first-order valence-electron chi connectivity index (χ1n) is 5.68. The molecule has 3 nitrogen and oxygen atoms in total. The van der Waals surface area contributed by atoms with Crippen LogP contribution in [0.15, 0.2) is 34.9 Å². The van der Waals surface area contributed by atoms with Gasteiger partial charge in [0.25, 0.3) is 0 Å². The van der Waals surface area contributed by atoms with E-state index < -0.39 is 0 Å². The molecule has 1 heterocycles. The predicted molar refractivity (Wildman–Crippen MR) is 72.5 cm³/mol. The second-order valence-corrected chi connectivity index (χ2v) is 4.68. The van der Waals surface area contributed by atoms with Crippen LogP contribution in [0.25, 0.3) is 11.3 Å². The number of rotatable bonds is 4. The molecular weight excluding hydrogens is 297 g/mol. The van der Waals surface area contributed by atoms with Gasteiger partial charge in [-0.2, -0.15) is 0 Å². The van der Waals surface area contributed by atoms with Gasteiger partial charge in [-0.1, -0.05) is 22.9 Å². The van der Waals surface area contributed by atoms with Gasteiger partial charge in [-0.3, -0.25) is 0 Å². The highest BCUT2D eigenvalue weighted by Crippen LogP contribution is 2.24. The fraction of sp³-hybridized carbons (Fsp3) is 0.231. The zero-order valence-electron chi connectivity index (χ0n) is 9.95. The summed E-state index contributed by atoms with van der Waals surface area (Å²) in [5, 5.41) is 3.14. The lowest BCUT2D eigenvalue weighted by atomic mass is 10.1. The van der Waals surface area contributed by atoms with Crippen molar-refractivity contribution in [2.24, 2.45) is 0 Å². The lowest BCUT2D eigenvalue weighted by Crippen LogP contribution is -2.14. The van der Waals surface area contributed by atoms with E-state index in [9.17, 15) is 4.39 Å². The molecule has 1 aromatic carbocycles. The molecule has 0 bridgehead atoms. The standard InChI is InChI=1S/C13H13BrFN3/c1-2-16-8-13-17-6-5-12(18-13)10-7-9(14)3-4-11(10)15/h3-7,16H,2,8H2,1H3. The van der Waals surface area contributed by atoms with Crippen molar-refractivity contribution in [2.75, 3.05) is 6.54 Å². The zero-order valence-corrected chi connectivity index (χ0v) is 11.5. The van der Waals surface area contributed by atoms with Crippen molar-refractivity contribution in [3.05, 3.63) is 46.6 Å². The van der Waals surface area contributed by atoms with Crippen LogP contribution in [0.2, 0.25) is 0 Å². The van der Waals surface area contributed by atoms with Crippen LogP contribution in [0.5, 0.6) is 0 Å². The maximum absolute atomic E-state index is 13.7. The lowest BCUT2D eigenvalue weighted by molar-refractivity contribution is 0.629. The first kappa shape index (κ1) is 13.1. The summed E-state index contributed by atoms with van der Waals surface area (Å²) in [7, 11) is 0.